The van der Waals surface area contributed by atoms with Crippen molar-refractivity contribution in [3.05, 3.63) is 24.3 Å². The molecule has 1 N–H and O–H groups in total. The Morgan fingerprint density at radius 1 is 1.35 bits per heavy atom. The second kappa shape index (κ2) is 4.90. The summed E-state index contributed by atoms with van der Waals surface area (Å²) in [6.07, 6.45) is 4.04. The van der Waals surface area contributed by atoms with E-state index in [1.165, 1.54) is 4.68 Å². The average molecular weight is 290 g/mol. The zero-order valence-electron chi connectivity index (χ0n) is 11.0. The van der Waals surface area contributed by atoms with Crippen LogP contribution in [-0.2, 0) is 10.3 Å². The molecule has 0 unspecified atom stereocenters. The third-order valence-electron chi connectivity index (χ3n) is 3.80. The molecular formula is C13H14N4O2S. The Balaban J connectivity index is 2.03. The summed E-state index contributed by atoms with van der Waals surface area (Å²) in [6, 6.07) is 7.80. The number of rotatable bonds is 4. The number of carboxylic acids is 1. The van der Waals surface area contributed by atoms with Crippen LogP contribution in [-0.4, -0.2) is 37.5 Å². The van der Waals surface area contributed by atoms with E-state index in [4.69, 9.17) is 0 Å². The fourth-order valence-electron chi connectivity index (χ4n) is 2.42. The van der Waals surface area contributed by atoms with Gasteiger partial charge < -0.3 is 5.11 Å². The SMILES string of the molecule is CSc1ccc(-c2nnnn2C2(C(=O)O)CCC2)cc1. The summed E-state index contributed by atoms with van der Waals surface area (Å²) in [5, 5.41) is 21.1. The van der Waals surface area contributed by atoms with Gasteiger partial charge in [-0.2, -0.15) is 0 Å². The van der Waals surface area contributed by atoms with Crippen LogP contribution in [0.2, 0.25) is 0 Å². The smallest absolute Gasteiger partial charge is 0.331 e. The zero-order valence-corrected chi connectivity index (χ0v) is 11.8. The van der Waals surface area contributed by atoms with Crippen LogP contribution >= 0.6 is 11.8 Å². The lowest BCUT2D eigenvalue weighted by atomic mass is 9.76. The summed E-state index contributed by atoms with van der Waals surface area (Å²) in [7, 11) is 0. The van der Waals surface area contributed by atoms with Gasteiger partial charge in [-0.1, -0.05) is 12.1 Å². The molecule has 104 valence electrons. The van der Waals surface area contributed by atoms with E-state index in [9.17, 15) is 9.90 Å². The first-order chi connectivity index (χ1) is 9.67. The number of tetrazole rings is 1. The van der Waals surface area contributed by atoms with Gasteiger partial charge in [0.1, 0.15) is 0 Å². The molecule has 0 amide bonds. The Kier molecular flexibility index (Phi) is 3.21. The van der Waals surface area contributed by atoms with E-state index in [1.54, 1.807) is 11.8 Å². The summed E-state index contributed by atoms with van der Waals surface area (Å²) in [5.41, 5.74) is -0.142. The number of aliphatic carboxylic acids is 1. The van der Waals surface area contributed by atoms with Crippen molar-refractivity contribution in [2.45, 2.75) is 29.7 Å². The molecule has 1 aliphatic carbocycles. The second-order valence-corrected chi connectivity index (χ2v) is 5.71. The van der Waals surface area contributed by atoms with Gasteiger partial charge in [-0.05, 0) is 48.1 Å². The summed E-state index contributed by atoms with van der Waals surface area (Å²) >= 11 is 1.65. The molecule has 0 bridgehead atoms. The minimum Gasteiger partial charge on any atom is -0.479 e. The number of benzene rings is 1. The molecule has 1 aromatic carbocycles. The van der Waals surface area contributed by atoms with E-state index in [-0.39, 0.29) is 0 Å². The maximum absolute atomic E-state index is 11.6. The minimum atomic E-state index is -0.975. The van der Waals surface area contributed by atoms with Gasteiger partial charge in [-0.25, -0.2) is 9.48 Å². The number of nitrogens with zero attached hydrogens (tertiary/aromatic N) is 4. The predicted molar refractivity (Wildman–Crippen MR) is 74.5 cm³/mol. The minimum absolute atomic E-state index is 0.514. The number of hydrogen-bond acceptors (Lipinski definition) is 5. The Morgan fingerprint density at radius 2 is 2.05 bits per heavy atom. The lowest BCUT2D eigenvalue weighted by molar-refractivity contribution is -0.153. The monoisotopic (exact) mass is 290 g/mol. The number of hydrogen-bond donors (Lipinski definition) is 1. The molecule has 1 saturated carbocycles. The maximum Gasteiger partial charge on any atom is 0.331 e. The first kappa shape index (κ1) is 13.1. The molecule has 0 radical (unpaired) electrons. The number of carbonyl (C=O) groups is 1. The lowest BCUT2D eigenvalue weighted by Gasteiger charge is -2.37. The predicted octanol–water partition coefficient (Wildman–Crippen LogP) is 2.03. The Morgan fingerprint density at radius 3 is 2.55 bits per heavy atom. The normalized spacial score (nSPS) is 16.6. The van der Waals surface area contributed by atoms with E-state index in [0.29, 0.717) is 18.7 Å². The number of thioether (sulfide) groups is 1. The van der Waals surface area contributed by atoms with Gasteiger partial charge in [0.2, 0.25) is 0 Å². The molecular weight excluding hydrogens is 276 g/mol. The second-order valence-electron chi connectivity index (χ2n) is 4.83. The Hall–Kier alpha value is -1.89. The van der Waals surface area contributed by atoms with Crippen LogP contribution in [0.15, 0.2) is 29.2 Å². The quantitative estimate of drug-likeness (QED) is 0.868. The molecule has 3 rings (SSSR count). The number of aromatic nitrogens is 4. The van der Waals surface area contributed by atoms with Crippen molar-refractivity contribution in [2.24, 2.45) is 0 Å². The first-order valence-electron chi connectivity index (χ1n) is 6.34. The van der Waals surface area contributed by atoms with Gasteiger partial charge >= 0.3 is 5.97 Å². The summed E-state index contributed by atoms with van der Waals surface area (Å²) in [4.78, 5) is 12.7. The van der Waals surface area contributed by atoms with Crippen LogP contribution in [0, 0.1) is 0 Å². The Bertz CT molecular complexity index is 634. The van der Waals surface area contributed by atoms with Crippen molar-refractivity contribution in [1.82, 2.24) is 20.2 Å². The summed E-state index contributed by atoms with van der Waals surface area (Å²) in [6.45, 7) is 0. The van der Waals surface area contributed by atoms with Crippen molar-refractivity contribution in [3.63, 3.8) is 0 Å². The van der Waals surface area contributed by atoms with Crippen molar-refractivity contribution >= 4 is 17.7 Å². The topological polar surface area (TPSA) is 80.9 Å². The molecule has 0 saturated heterocycles. The van der Waals surface area contributed by atoms with Crippen molar-refractivity contribution < 1.29 is 9.90 Å². The molecule has 1 aromatic heterocycles. The molecule has 7 heteroatoms. The van der Waals surface area contributed by atoms with Crippen LogP contribution in [0.3, 0.4) is 0 Å². The highest BCUT2D eigenvalue weighted by Crippen LogP contribution is 2.40. The molecule has 1 heterocycles. The van der Waals surface area contributed by atoms with Crippen LogP contribution in [0.4, 0.5) is 0 Å². The molecule has 0 spiro atoms. The number of carboxylic acid groups (broad SMARTS) is 1. The third kappa shape index (κ3) is 1.89. The van der Waals surface area contributed by atoms with Crippen LogP contribution < -0.4 is 0 Å². The van der Waals surface area contributed by atoms with Gasteiger partial charge in [-0.3, -0.25) is 0 Å². The van der Waals surface area contributed by atoms with E-state index < -0.39 is 11.5 Å². The largest absolute Gasteiger partial charge is 0.479 e. The highest BCUT2D eigenvalue weighted by Gasteiger charge is 2.49. The highest BCUT2D eigenvalue weighted by atomic mass is 32.2. The van der Waals surface area contributed by atoms with E-state index >= 15 is 0 Å². The fraction of sp³-hybridized carbons (Fsp3) is 0.385. The fourth-order valence-corrected chi connectivity index (χ4v) is 2.83. The van der Waals surface area contributed by atoms with Crippen LogP contribution in [0.25, 0.3) is 11.4 Å². The molecule has 2 aromatic rings. The lowest BCUT2D eigenvalue weighted by Crippen LogP contribution is -2.48. The molecule has 1 fully saturated rings. The summed E-state index contributed by atoms with van der Waals surface area (Å²) in [5.74, 6) is -0.349. The van der Waals surface area contributed by atoms with Crippen molar-refractivity contribution in [1.29, 1.82) is 0 Å². The van der Waals surface area contributed by atoms with Crippen LogP contribution in [0.5, 0.6) is 0 Å². The molecule has 1 aliphatic rings. The third-order valence-corrected chi connectivity index (χ3v) is 4.55. The standard InChI is InChI=1S/C13H14N4O2S/c1-20-10-5-3-9(4-6-10)11-14-15-16-17(11)13(12(18)19)7-2-8-13/h3-6H,2,7-8H2,1H3,(H,18,19). The Labute approximate surface area is 120 Å². The van der Waals surface area contributed by atoms with E-state index in [1.807, 2.05) is 30.5 Å². The van der Waals surface area contributed by atoms with Gasteiger partial charge in [0.25, 0.3) is 0 Å². The van der Waals surface area contributed by atoms with Crippen LogP contribution in [0.1, 0.15) is 19.3 Å². The first-order valence-corrected chi connectivity index (χ1v) is 7.56. The molecule has 0 aliphatic heterocycles. The molecule has 6 nitrogen and oxygen atoms in total. The molecule has 20 heavy (non-hydrogen) atoms. The molecule has 0 atom stereocenters. The van der Waals surface area contributed by atoms with Crippen molar-refractivity contribution in [2.75, 3.05) is 6.26 Å². The van der Waals surface area contributed by atoms with Gasteiger partial charge in [-0.15, -0.1) is 16.9 Å². The average Bonchev–Trinajstić information content (AvgIpc) is 2.87. The van der Waals surface area contributed by atoms with Crippen molar-refractivity contribution in [3.8, 4) is 11.4 Å². The van der Waals surface area contributed by atoms with Gasteiger partial charge in [0, 0.05) is 10.5 Å². The van der Waals surface area contributed by atoms with E-state index in [2.05, 4.69) is 15.5 Å². The maximum atomic E-state index is 11.6. The van der Waals surface area contributed by atoms with E-state index in [0.717, 1.165) is 16.9 Å². The van der Waals surface area contributed by atoms with Gasteiger partial charge in [0.15, 0.2) is 11.4 Å². The highest BCUT2D eigenvalue weighted by molar-refractivity contribution is 7.98. The zero-order chi connectivity index (χ0) is 14.2. The summed E-state index contributed by atoms with van der Waals surface area (Å²) < 4.78 is 1.47. The van der Waals surface area contributed by atoms with Gasteiger partial charge in [0.05, 0.1) is 0 Å².